The fourth-order valence-electron chi connectivity index (χ4n) is 3.77. The highest BCUT2D eigenvalue weighted by Gasteiger charge is 2.19. The molecule has 2 aromatic rings. The minimum absolute atomic E-state index is 0.0685. The normalized spacial score (nSPS) is 13.7. The minimum Gasteiger partial charge on any atom is -0.494 e. The van der Waals surface area contributed by atoms with E-state index in [1.807, 2.05) is 18.2 Å². The number of sulfone groups is 1. The van der Waals surface area contributed by atoms with Gasteiger partial charge in [-0.25, -0.2) is 8.42 Å². The van der Waals surface area contributed by atoms with E-state index in [9.17, 15) is 13.5 Å². The van der Waals surface area contributed by atoms with Crippen molar-refractivity contribution in [3.63, 3.8) is 0 Å². The van der Waals surface area contributed by atoms with Crippen LogP contribution in [-0.2, 0) is 29.3 Å². The van der Waals surface area contributed by atoms with Crippen molar-refractivity contribution in [2.24, 2.45) is 0 Å². The molecule has 0 unspecified atom stereocenters. The molecular formula is C21H26O4S. The zero-order chi connectivity index (χ0) is 18.7. The SMILES string of the molecule is Cc1cc(OCCCS(C)(=O)=O)cc2c1-c1cccc(CO)c1CCC2. The molecule has 140 valence electrons. The van der Waals surface area contributed by atoms with Gasteiger partial charge in [0.25, 0.3) is 0 Å². The summed E-state index contributed by atoms with van der Waals surface area (Å²) < 4.78 is 28.3. The summed E-state index contributed by atoms with van der Waals surface area (Å²) in [5.74, 6) is 0.949. The highest BCUT2D eigenvalue weighted by atomic mass is 32.2. The van der Waals surface area contributed by atoms with Crippen LogP contribution in [-0.4, -0.2) is 32.1 Å². The van der Waals surface area contributed by atoms with Crippen molar-refractivity contribution in [1.29, 1.82) is 0 Å². The molecule has 0 fully saturated rings. The molecule has 4 nitrogen and oxygen atoms in total. The monoisotopic (exact) mass is 374 g/mol. The van der Waals surface area contributed by atoms with Crippen LogP contribution in [0.2, 0.25) is 0 Å². The molecule has 2 aromatic carbocycles. The third-order valence-electron chi connectivity index (χ3n) is 4.90. The molecule has 26 heavy (non-hydrogen) atoms. The third-order valence-corrected chi connectivity index (χ3v) is 5.93. The highest BCUT2D eigenvalue weighted by Crippen LogP contribution is 2.38. The molecule has 5 heteroatoms. The average Bonchev–Trinajstić information content (AvgIpc) is 2.77. The molecule has 0 aromatic heterocycles. The molecule has 0 aliphatic heterocycles. The van der Waals surface area contributed by atoms with Gasteiger partial charge in [-0.05, 0) is 78.1 Å². The maximum Gasteiger partial charge on any atom is 0.147 e. The quantitative estimate of drug-likeness (QED) is 0.787. The lowest BCUT2D eigenvalue weighted by molar-refractivity contribution is 0.280. The molecular weight excluding hydrogens is 348 g/mol. The standard InChI is InChI=1S/C21H26O4S/c1-15-12-18(25-10-5-11-26(2,23)24)13-16-6-3-8-19-17(14-22)7-4-9-20(19)21(15)16/h4,7,9,12-13,22H,3,5-6,8,10-11,14H2,1-2H3. The Morgan fingerprint density at radius 3 is 2.73 bits per heavy atom. The zero-order valence-electron chi connectivity index (χ0n) is 15.4. The topological polar surface area (TPSA) is 63.6 Å². The lowest BCUT2D eigenvalue weighted by Crippen LogP contribution is -2.08. The van der Waals surface area contributed by atoms with Crippen molar-refractivity contribution in [2.75, 3.05) is 18.6 Å². The Hall–Kier alpha value is -1.85. The van der Waals surface area contributed by atoms with E-state index in [0.717, 1.165) is 36.1 Å². The molecule has 1 N–H and O–H groups in total. The number of aryl methyl sites for hydroxylation is 2. The second-order valence-electron chi connectivity index (χ2n) is 7.06. The zero-order valence-corrected chi connectivity index (χ0v) is 16.2. The predicted octanol–water partition coefficient (Wildman–Crippen LogP) is 3.46. The number of hydrogen-bond donors (Lipinski definition) is 1. The molecule has 0 heterocycles. The Bertz CT molecular complexity index is 900. The van der Waals surface area contributed by atoms with Crippen LogP contribution in [0, 0.1) is 6.92 Å². The number of fused-ring (bicyclic) bond motifs is 3. The number of benzene rings is 2. The second kappa shape index (κ2) is 7.80. The highest BCUT2D eigenvalue weighted by molar-refractivity contribution is 7.90. The maximum absolute atomic E-state index is 11.2. The summed E-state index contributed by atoms with van der Waals surface area (Å²) in [5.41, 5.74) is 7.13. The van der Waals surface area contributed by atoms with Crippen molar-refractivity contribution in [2.45, 2.75) is 39.2 Å². The van der Waals surface area contributed by atoms with E-state index in [4.69, 9.17) is 4.74 Å². The summed E-state index contributed by atoms with van der Waals surface area (Å²) in [4.78, 5) is 0. The van der Waals surface area contributed by atoms with Crippen LogP contribution in [0.4, 0.5) is 0 Å². The van der Waals surface area contributed by atoms with Crippen LogP contribution in [0.1, 0.15) is 35.1 Å². The van der Waals surface area contributed by atoms with E-state index in [-0.39, 0.29) is 12.4 Å². The molecule has 0 spiro atoms. The van der Waals surface area contributed by atoms with Gasteiger partial charge in [-0.2, -0.15) is 0 Å². The van der Waals surface area contributed by atoms with E-state index < -0.39 is 9.84 Å². The van der Waals surface area contributed by atoms with Crippen molar-refractivity contribution in [3.8, 4) is 16.9 Å². The molecule has 1 aliphatic carbocycles. The van der Waals surface area contributed by atoms with Gasteiger partial charge in [-0.1, -0.05) is 18.2 Å². The average molecular weight is 375 g/mol. The first-order valence-corrected chi connectivity index (χ1v) is 11.1. The fraction of sp³-hybridized carbons (Fsp3) is 0.429. The summed E-state index contributed by atoms with van der Waals surface area (Å²) in [6.45, 7) is 2.55. The van der Waals surface area contributed by atoms with Crippen molar-refractivity contribution in [3.05, 3.63) is 52.6 Å². The fourth-order valence-corrected chi connectivity index (χ4v) is 4.41. The van der Waals surface area contributed by atoms with Crippen LogP contribution in [0.5, 0.6) is 5.75 Å². The van der Waals surface area contributed by atoms with Crippen LogP contribution in [0.15, 0.2) is 30.3 Å². The van der Waals surface area contributed by atoms with Crippen LogP contribution in [0.3, 0.4) is 0 Å². The van der Waals surface area contributed by atoms with E-state index in [1.165, 1.54) is 28.5 Å². The number of aliphatic hydroxyl groups excluding tert-OH is 1. The van der Waals surface area contributed by atoms with Crippen molar-refractivity contribution >= 4 is 9.84 Å². The number of hydrogen-bond acceptors (Lipinski definition) is 4. The van der Waals surface area contributed by atoms with Crippen molar-refractivity contribution in [1.82, 2.24) is 0 Å². The molecule has 1 aliphatic rings. The number of ether oxygens (including phenoxy) is 1. The van der Waals surface area contributed by atoms with E-state index in [0.29, 0.717) is 13.0 Å². The molecule has 0 atom stereocenters. The van der Waals surface area contributed by atoms with Crippen LogP contribution < -0.4 is 4.74 Å². The molecule has 0 bridgehead atoms. The van der Waals surface area contributed by atoms with Crippen molar-refractivity contribution < 1.29 is 18.3 Å². The molecule has 3 rings (SSSR count). The molecule has 0 radical (unpaired) electrons. The first-order valence-electron chi connectivity index (χ1n) is 9.05. The summed E-state index contributed by atoms with van der Waals surface area (Å²) >= 11 is 0. The number of aliphatic hydroxyl groups is 1. The minimum atomic E-state index is -2.95. The summed E-state index contributed by atoms with van der Waals surface area (Å²) in [6, 6.07) is 10.3. The van der Waals surface area contributed by atoms with Gasteiger partial charge >= 0.3 is 0 Å². The summed E-state index contributed by atoms with van der Waals surface area (Å²) in [6.07, 6.45) is 4.71. The molecule has 0 saturated heterocycles. The van der Waals surface area contributed by atoms with Gasteiger partial charge in [-0.3, -0.25) is 0 Å². The van der Waals surface area contributed by atoms with E-state index in [2.05, 4.69) is 19.1 Å². The second-order valence-corrected chi connectivity index (χ2v) is 9.32. The summed E-state index contributed by atoms with van der Waals surface area (Å²) in [5, 5.41) is 9.66. The van der Waals surface area contributed by atoms with Gasteiger partial charge in [0.05, 0.1) is 19.0 Å². The first-order chi connectivity index (χ1) is 12.4. The third kappa shape index (κ3) is 4.27. The van der Waals surface area contributed by atoms with Crippen LogP contribution in [0.25, 0.3) is 11.1 Å². The lowest BCUT2D eigenvalue weighted by Gasteiger charge is -2.17. The van der Waals surface area contributed by atoms with Gasteiger partial charge in [0.1, 0.15) is 15.6 Å². The molecule has 0 amide bonds. The van der Waals surface area contributed by atoms with E-state index >= 15 is 0 Å². The van der Waals surface area contributed by atoms with E-state index in [1.54, 1.807) is 0 Å². The summed E-state index contributed by atoms with van der Waals surface area (Å²) in [7, 11) is -2.95. The van der Waals surface area contributed by atoms with Gasteiger partial charge in [-0.15, -0.1) is 0 Å². The van der Waals surface area contributed by atoms with Gasteiger partial charge in [0.15, 0.2) is 0 Å². The Morgan fingerprint density at radius 1 is 1.19 bits per heavy atom. The predicted molar refractivity (Wildman–Crippen MR) is 104 cm³/mol. The Morgan fingerprint density at radius 2 is 2.00 bits per heavy atom. The maximum atomic E-state index is 11.2. The lowest BCUT2D eigenvalue weighted by atomic mass is 9.90. The number of rotatable bonds is 6. The van der Waals surface area contributed by atoms with Gasteiger partial charge in [0.2, 0.25) is 0 Å². The van der Waals surface area contributed by atoms with Crippen LogP contribution >= 0.6 is 0 Å². The first kappa shape index (κ1) is 18.9. The molecule has 0 saturated carbocycles. The largest absolute Gasteiger partial charge is 0.494 e. The smallest absolute Gasteiger partial charge is 0.147 e. The van der Waals surface area contributed by atoms with Gasteiger partial charge < -0.3 is 9.84 Å². The Kier molecular flexibility index (Phi) is 5.68. The Labute approximate surface area is 155 Å². The Balaban J connectivity index is 1.88. The van der Waals surface area contributed by atoms with Gasteiger partial charge in [0, 0.05) is 6.26 Å².